The van der Waals surface area contributed by atoms with Crippen molar-refractivity contribution in [1.29, 1.82) is 0 Å². The molecule has 0 aliphatic heterocycles. The number of nitrogens with zero attached hydrogens (tertiary/aromatic N) is 4. The Kier molecular flexibility index (Phi) is 3.67. The fourth-order valence-corrected chi connectivity index (χ4v) is 3.90. The Bertz CT molecular complexity index is 1120. The van der Waals surface area contributed by atoms with E-state index in [1.807, 2.05) is 34.8 Å². The normalized spacial score (nSPS) is 13.1. The van der Waals surface area contributed by atoms with Gasteiger partial charge in [-0.15, -0.1) is 5.10 Å². The van der Waals surface area contributed by atoms with Crippen LogP contribution in [0.2, 0.25) is 0 Å². The fraction of sp³-hybridized carbons (Fsp3) is 0.227. The van der Waals surface area contributed by atoms with Gasteiger partial charge in [0.1, 0.15) is 5.82 Å². The molecule has 5 heteroatoms. The van der Waals surface area contributed by atoms with Crippen LogP contribution in [0.3, 0.4) is 0 Å². The van der Waals surface area contributed by atoms with Gasteiger partial charge in [0.15, 0.2) is 5.82 Å². The van der Waals surface area contributed by atoms with Gasteiger partial charge in [-0.05, 0) is 56.4 Å². The summed E-state index contributed by atoms with van der Waals surface area (Å²) in [7, 11) is 0. The van der Waals surface area contributed by atoms with E-state index in [4.69, 9.17) is 15.1 Å². The van der Waals surface area contributed by atoms with Crippen molar-refractivity contribution in [2.24, 2.45) is 0 Å². The third-order valence-corrected chi connectivity index (χ3v) is 5.03. The van der Waals surface area contributed by atoms with Crippen molar-refractivity contribution in [1.82, 2.24) is 19.6 Å². The zero-order chi connectivity index (χ0) is 18.4. The standard InChI is InChI=1S/C22H21N5/c1-14-11-15(2)13-17(12-14)23-21-18-9-6-10-19(18)24-22-25-20(26-27(21)22)16-7-4-3-5-8-16/h3-5,7-8,11-13,23H,6,9-10H2,1-2H3. The van der Waals surface area contributed by atoms with Gasteiger partial charge in [0.2, 0.25) is 0 Å². The molecule has 0 spiro atoms. The van der Waals surface area contributed by atoms with Crippen LogP contribution >= 0.6 is 0 Å². The summed E-state index contributed by atoms with van der Waals surface area (Å²) in [5.74, 6) is 2.35. The average Bonchev–Trinajstić information content (AvgIpc) is 3.28. The quantitative estimate of drug-likeness (QED) is 0.582. The number of aromatic nitrogens is 4. The summed E-state index contributed by atoms with van der Waals surface area (Å²) in [5, 5.41) is 8.40. The molecule has 0 saturated heterocycles. The molecule has 134 valence electrons. The van der Waals surface area contributed by atoms with Crippen LogP contribution in [0.5, 0.6) is 0 Å². The Labute approximate surface area is 158 Å². The van der Waals surface area contributed by atoms with Crippen LogP contribution < -0.4 is 5.32 Å². The molecule has 0 bridgehead atoms. The Morgan fingerprint density at radius 3 is 2.48 bits per heavy atom. The van der Waals surface area contributed by atoms with Gasteiger partial charge in [-0.2, -0.15) is 9.50 Å². The summed E-state index contributed by atoms with van der Waals surface area (Å²) in [6.45, 7) is 4.24. The second-order valence-corrected chi connectivity index (χ2v) is 7.25. The minimum atomic E-state index is 0.654. The van der Waals surface area contributed by atoms with Crippen LogP contribution in [0.1, 0.15) is 28.8 Å². The largest absolute Gasteiger partial charge is 0.340 e. The number of aryl methyl sites for hydroxylation is 3. The molecule has 0 unspecified atom stereocenters. The van der Waals surface area contributed by atoms with Crippen LogP contribution in [0.25, 0.3) is 17.2 Å². The highest BCUT2D eigenvalue weighted by Gasteiger charge is 2.22. The second kappa shape index (κ2) is 6.20. The fourth-order valence-electron chi connectivity index (χ4n) is 3.90. The third-order valence-electron chi connectivity index (χ3n) is 5.03. The predicted molar refractivity (Wildman–Crippen MR) is 107 cm³/mol. The minimum absolute atomic E-state index is 0.654. The van der Waals surface area contributed by atoms with Crippen molar-refractivity contribution in [2.45, 2.75) is 33.1 Å². The molecular formula is C22H21N5. The van der Waals surface area contributed by atoms with Crippen LogP contribution in [0.15, 0.2) is 48.5 Å². The minimum Gasteiger partial charge on any atom is -0.340 e. The van der Waals surface area contributed by atoms with Crippen molar-refractivity contribution < 1.29 is 0 Å². The van der Waals surface area contributed by atoms with E-state index in [2.05, 4.69) is 37.4 Å². The van der Waals surface area contributed by atoms with Crippen molar-refractivity contribution >= 4 is 17.3 Å². The lowest BCUT2D eigenvalue weighted by atomic mass is 10.1. The Hall–Kier alpha value is -3.21. The summed E-state index contributed by atoms with van der Waals surface area (Å²) in [6, 6.07) is 16.6. The predicted octanol–water partition coefficient (Wildman–Crippen LogP) is 4.64. The van der Waals surface area contributed by atoms with Gasteiger partial charge in [-0.3, -0.25) is 0 Å². The molecule has 0 amide bonds. The molecule has 2 aromatic carbocycles. The molecular weight excluding hydrogens is 334 g/mol. The summed E-state index contributed by atoms with van der Waals surface area (Å²) < 4.78 is 1.87. The molecule has 27 heavy (non-hydrogen) atoms. The van der Waals surface area contributed by atoms with Crippen LogP contribution in [-0.2, 0) is 12.8 Å². The molecule has 4 aromatic rings. The van der Waals surface area contributed by atoms with Gasteiger partial charge in [0, 0.05) is 16.8 Å². The summed E-state index contributed by atoms with van der Waals surface area (Å²) in [4.78, 5) is 9.49. The van der Waals surface area contributed by atoms with E-state index in [9.17, 15) is 0 Å². The highest BCUT2D eigenvalue weighted by atomic mass is 15.4. The lowest BCUT2D eigenvalue weighted by Crippen LogP contribution is -2.07. The molecule has 1 N–H and O–H groups in total. The van der Waals surface area contributed by atoms with E-state index >= 15 is 0 Å². The topological polar surface area (TPSA) is 55.1 Å². The SMILES string of the molecule is Cc1cc(C)cc(Nc2c3c(nc4nc(-c5ccccc5)nn24)CCC3)c1. The first kappa shape index (κ1) is 16.0. The molecule has 5 rings (SSSR count). The van der Waals surface area contributed by atoms with Gasteiger partial charge in [0.05, 0.1) is 5.69 Å². The third kappa shape index (κ3) is 2.85. The zero-order valence-electron chi connectivity index (χ0n) is 15.5. The smallest absolute Gasteiger partial charge is 0.254 e. The Balaban J connectivity index is 1.68. The number of anilines is 2. The number of hydrogen-bond acceptors (Lipinski definition) is 4. The number of benzene rings is 2. The van der Waals surface area contributed by atoms with Gasteiger partial charge < -0.3 is 5.32 Å². The zero-order valence-corrected chi connectivity index (χ0v) is 15.5. The monoisotopic (exact) mass is 355 g/mol. The maximum absolute atomic E-state index is 4.79. The van der Waals surface area contributed by atoms with Gasteiger partial charge in [-0.25, -0.2) is 4.98 Å². The van der Waals surface area contributed by atoms with Crippen LogP contribution in [0.4, 0.5) is 11.5 Å². The molecule has 0 atom stereocenters. The Morgan fingerprint density at radius 2 is 1.70 bits per heavy atom. The first-order valence-electron chi connectivity index (χ1n) is 9.37. The van der Waals surface area contributed by atoms with Crippen molar-refractivity contribution in [2.75, 3.05) is 5.32 Å². The molecule has 0 saturated carbocycles. The van der Waals surface area contributed by atoms with Crippen LogP contribution in [0, 0.1) is 13.8 Å². The molecule has 0 radical (unpaired) electrons. The Morgan fingerprint density at radius 1 is 0.926 bits per heavy atom. The number of hydrogen-bond donors (Lipinski definition) is 1. The van der Waals surface area contributed by atoms with E-state index < -0.39 is 0 Å². The summed E-state index contributed by atoms with van der Waals surface area (Å²) in [5.41, 5.74) is 6.95. The molecule has 2 heterocycles. The van der Waals surface area contributed by atoms with Crippen molar-refractivity contribution in [3.8, 4) is 11.4 Å². The highest BCUT2D eigenvalue weighted by Crippen LogP contribution is 2.31. The summed E-state index contributed by atoms with van der Waals surface area (Å²) >= 11 is 0. The maximum atomic E-state index is 4.79. The van der Waals surface area contributed by atoms with Gasteiger partial charge >= 0.3 is 0 Å². The molecule has 0 fully saturated rings. The average molecular weight is 355 g/mol. The van der Waals surface area contributed by atoms with E-state index in [1.54, 1.807) is 0 Å². The summed E-state index contributed by atoms with van der Waals surface area (Å²) in [6.07, 6.45) is 3.15. The van der Waals surface area contributed by atoms with Crippen molar-refractivity contribution in [3.63, 3.8) is 0 Å². The molecule has 2 aromatic heterocycles. The lowest BCUT2D eigenvalue weighted by molar-refractivity contribution is 0.900. The lowest BCUT2D eigenvalue weighted by Gasteiger charge is -2.13. The van der Waals surface area contributed by atoms with E-state index in [0.717, 1.165) is 42.0 Å². The molecule has 5 nitrogen and oxygen atoms in total. The first-order valence-corrected chi connectivity index (χ1v) is 9.37. The second-order valence-electron chi connectivity index (χ2n) is 7.25. The maximum Gasteiger partial charge on any atom is 0.254 e. The van der Waals surface area contributed by atoms with E-state index in [1.165, 1.54) is 16.7 Å². The van der Waals surface area contributed by atoms with E-state index in [0.29, 0.717) is 11.6 Å². The first-order chi connectivity index (χ1) is 13.2. The van der Waals surface area contributed by atoms with Crippen molar-refractivity contribution in [3.05, 3.63) is 70.9 Å². The number of fused-ring (bicyclic) bond motifs is 2. The number of nitrogens with one attached hydrogen (secondary N) is 1. The highest BCUT2D eigenvalue weighted by molar-refractivity contribution is 5.66. The van der Waals surface area contributed by atoms with E-state index in [-0.39, 0.29) is 0 Å². The van der Waals surface area contributed by atoms with Crippen LogP contribution in [-0.4, -0.2) is 19.6 Å². The number of rotatable bonds is 3. The molecule has 1 aliphatic carbocycles. The van der Waals surface area contributed by atoms with Gasteiger partial charge in [-0.1, -0.05) is 36.4 Å². The van der Waals surface area contributed by atoms with Gasteiger partial charge in [0.25, 0.3) is 5.78 Å². The molecule has 1 aliphatic rings.